The maximum absolute atomic E-state index is 5.67. The summed E-state index contributed by atoms with van der Waals surface area (Å²) < 4.78 is 0. The van der Waals surface area contributed by atoms with Crippen LogP contribution in [0.4, 0.5) is 0 Å². The fraction of sp³-hybridized carbons (Fsp3) is 0.750. The number of rotatable bonds is 6. The molecule has 0 fully saturated rings. The molecule has 0 aromatic rings. The van der Waals surface area contributed by atoms with Gasteiger partial charge in [0.05, 0.1) is 0 Å². The number of hydrogen-bond acceptors (Lipinski definition) is 4. The van der Waals surface area contributed by atoms with E-state index in [1.54, 1.807) is 11.8 Å². The van der Waals surface area contributed by atoms with Crippen molar-refractivity contribution in [1.82, 2.24) is 5.32 Å². The topological polar surface area (TPSA) is 64.1 Å². The third-order valence-electron chi connectivity index (χ3n) is 1.41. The molecular weight excluding hydrogens is 170 g/mol. The van der Waals surface area contributed by atoms with Crippen LogP contribution in [0.5, 0.6) is 0 Å². The maximum atomic E-state index is 5.67. The normalized spacial score (nSPS) is 12.9. The van der Waals surface area contributed by atoms with Crippen molar-refractivity contribution in [1.29, 1.82) is 0 Å². The molecule has 0 aromatic heterocycles. The third-order valence-corrected chi connectivity index (χ3v) is 2.39. The molecule has 0 aliphatic rings. The van der Waals surface area contributed by atoms with Crippen molar-refractivity contribution in [2.24, 2.45) is 11.5 Å². The maximum Gasteiger partial charge on any atom is 0.0438 e. The van der Waals surface area contributed by atoms with Gasteiger partial charge in [-0.3, -0.25) is 0 Å². The van der Waals surface area contributed by atoms with Crippen LogP contribution in [0, 0.1) is 0 Å². The highest BCUT2D eigenvalue weighted by Gasteiger charge is 1.98. The first-order chi connectivity index (χ1) is 5.72. The van der Waals surface area contributed by atoms with Gasteiger partial charge in [0.25, 0.3) is 0 Å². The molecule has 0 amide bonds. The quantitative estimate of drug-likeness (QED) is 0.428. The first kappa shape index (κ1) is 11.8. The SMILES string of the molecule is CCCNC/C(SCN)=C(\C)N. The second kappa shape index (κ2) is 7.46. The number of nitrogens with two attached hydrogens (primary N) is 2. The molecule has 0 spiro atoms. The lowest BCUT2D eigenvalue weighted by Gasteiger charge is -2.08. The zero-order valence-electron chi connectivity index (χ0n) is 7.89. The highest BCUT2D eigenvalue weighted by atomic mass is 32.2. The Kier molecular flexibility index (Phi) is 7.34. The summed E-state index contributed by atoms with van der Waals surface area (Å²) >= 11 is 1.60. The zero-order valence-corrected chi connectivity index (χ0v) is 8.71. The van der Waals surface area contributed by atoms with E-state index in [-0.39, 0.29) is 0 Å². The molecule has 0 radical (unpaired) electrons. The molecule has 3 nitrogen and oxygen atoms in total. The van der Waals surface area contributed by atoms with E-state index in [0.29, 0.717) is 5.88 Å². The van der Waals surface area contributed by atoms with E-state index in [2.05, 4.69) is 12.2 Å². The number of allylic oxidation sites excluding steroid dienone is 1. The fourth-order valence-electron chi connectivity index (χ4n) is 0.784. The lowest BCUT2D eigenvalue weighted by Crippen LogP contribution is -2.19. The summed E-state index contributed by atoms with van der Waals surface area (Å²) in [5, 5.41) is 3.29. The van der Waals surface area contributed by atoms with Crippen molar-refractivity contribution >= 4 is 11.8 Å². The van der Waals surface area contributed by atoms with Crippen LogP contribution in [0.15, 0.2) is 10.6 Å². The van der Waals surface area contributed by atoms with Crippen LogP contribution in [0.25, 0.3) is 0 Å². The van der Waals surface area contributed by atoms with Gasteiger partial charge in [-0.2, -0.15) is 0 Å². The minimum absolute atomic E-state index is 0.595. The molecule has 0 atom stereocenters. The Bertz CT molecular complexity index is 141. The van der Waals surface area contributed by atoms with Crippen LogP contribution < -0.4 is 16.8 Å². The highest BCUT2D eigenvalue weighted by molar-refractivity contribution is 8.03. The molecular formula is C8H19N3S. The lowest BCUT2D eigenvalue weighted by atomic mass is 10.4. The van der Waals surface area contributed by atoms with E-state index in [1.807, 2.05) is 6.92 Å². The van der Waals surface area contributed by atoms with E-state index in [9.17, 15) is 0 Å². The molecule has 0 bridgehead atoms. The van der Waals surface area contributed by atoms with Gasteiger partial charge < -0.3 is 16.8 Å². The van der Waals surface area contributed by atoms with Crippen molar-refractivity contribution in [3.8, 4) is 0 Å². The summed E-state index contributed by atoms with van der Waals surface area (Å²) in [6.07, 6.45) is 1.14. The van der Waals surface area contributed by atoms with Crippen LogP contribution >= 0.6 is 11.8 Å². The molecule has 0 saturated carbocycles. The summed E-state index contributed by atoms with van der Waals surface area (Å²) in [7, 11) is 0. The minimum Gasteiger partial charge on any atom is -0.402 e. The molecule has 0 aliphatic carbocycles. The Hall–Kier alpha value is -0.190. The molecule has 5 N–H and O–H groups in total. The first-order valence-electron chi connectivity index (χ1n) is 4.21. The first-order valence-corrected chi connectivity index (χ1v) is 5.19. The second-order valence-electron chi connectivity index (χ2n) is 2.59. The second-order valence-corrected chi connectivity index (χ2v) is 3.71. The van der Waals surface area contributed by atoms with Gasteiger partial charge in [0.1, 0.15) is 0 Å². The summed E-state index contributed by atoms with van der Waals surface area (Å²) in [6, 6.07) is 0. The molecule has 0 aromatic carbocycles. The van der Waals surface area contributed by atoms with Gasteiger partial charge in [-0.1, -0.05) is 6.92 Å². The predicted molar refractivity (Wildman–Crippen MR) is 56.7 cm³/mol. The largest absolute Gasteiger partial charge is 0.402 e. The molecule has 4 heteroatoms. The van der Waals surface area contributed by atoms with Gasteiger partial charge in [-0.05, 0) is 19.9 Å². The standard InChI is InChI=1S/C8H19N3S/c1-3-4-11-5-8(7(2)10)12-6-9/h11H,3-6,9-10H2,1-2H3/b8-7-. The molecule has 0 aliphatic heterocycles. The number of nitrogens with one attached hydrogen (secondary N) is 1. The summed E-state index contributed by atoms with van der Waals surface area (Å²) in [5.74, 6) is 0.595. The average Bonchev–Trinajstić information content (AvgIpc) is 2.03. The lowest BCUT2D eigenvalue weighted by molar-refractivity contribution is 0.723. The minimum atomic E-state index is 0.595. The molecule has 0 heterocycles. The van der Waals surface area contributed by atoms with E-state index in [1.165, 1.54) is 0 Å². The van der Waals surface area contributed by atoms with Gasteiger partial charge in [-0.25, -0.2) is 0 Å². The molecule has 0 saturated heterocycles. The van der Waals surface area contributed by atoms with E-state index >= 15 is 0 Å². The molecule has 0 rings (SSSR count). The van der Waals surface area contributed by atoms with E-state index in [0.717, 1.165) is 30.1 Å². The van der Waals surface area contributed by atoms with Crippen LogP contribution in [-0.4, -0.2) is 19.0 Å². The molecule has 72 valence electrons. The van der Waals surface area contributed by atoms with Crippen molar-refractivity contribution < 1.29 is 0 Å². The van der Waals surface area contributed by atoms with Gasteiger partial charge in [-0.15, -0.1) is 11.8 Å². The summed E-state index contributed by atoms with van der Waals surface area (Å²) in [5.41, 5.74) is 12.0. The Morgan fingerprint density at radius 3 is 2.58 bits per heavy atom. The average molecular weight is 189 g/mol. The highest BCUT2D eigenvalue weighted by Crippen LogP contribution is 2.14. The fourth-order valence-corrected chi connectivity index (χ4v) is 1.42. The van der Waals surface area contributed by atoms with Gasteiger partial charge in [0, 0.05) is 23.0 Å². The van der Waals surface area contributed by atoms with Gasteiger partial charge in [0.15, 0.2) is 0 Å². The van der Waals surface area contributed by atoms with Crippen LogP contribution in [-0.2, 0) is 0 Å². The molecule has 0 unspecified atom stereocenters. The Balaban J connectivity index is 3.73. The number of hydrogen-bond donors (Lipinski definition) is 3. The van der Waals surface area contributed by atoms with Crippen molar-refractivity contribution in [3.63, 3.8) is 0 Å². The van der Waals surface area contributed by atoms with Crippen LogP contribution in [0.2, 0.25) is 0 Å². The predicted octanol–water partition coefficient (Wildman–Crippen LogP) is 0.826. The zero-order chi connectivity index (χ0) is 9.40. The number of thioether (sulfide) groups is 1. The Morgan fingerprint density at radius 2 is 2.17 bits per heavy atom. The third kappa shape index (κ3) is 5.46. The van der Waals surface area contributed by atoms with Crippen molar-refractivity contribution in [2.75, 3.05) is 19.0 Å². The van der Waals surface area contributed by atoms with Gasteiger partial charge >= 0.3 is 0 Å². The van der Waals surface area contributed by atoms with Crippen molar-refractivity contribution in [3.05, 3.63) is 10.6 Å². The van der Waals surface area contributed by atoms with Crippen LogP contribution in [0.3, 0.4) is 0 Å². The van der Waals surface area contributed by atoms with E-state index < -0.39 is 0 Å². The summed E-state index contributed by atoms with van der Waals surface area (Å²) in [4.78, 5) is 1.16. The molecule has 12 heavy (non-hydrogen) atoms. The summed E-state index contributed by atoms with van der Waals surface area (Å²) in [6.45, 7) is 5.92. The van der Waals surface area contributed by atoms with Crippen molar-refractivity contribution in [2.45, 2.75) is 20.3 Å². The smallest absolute Gasteiger partial charge is 0.0438 e. The Morgan fingerprint density at radius 1 is 1.50 bits per heavy atom. The Labute approximate surface area is 79.0 Å². The van der Waals surface area contributed by atoms with E-state index in [4.69, 9.17) is 11.5 Å². The van der Waals surface area contributed by atoms with Crippen LogP contribution in [0.1, 0.15) is 20.3 Å². The van der Waals surface area contributed by atoms with Gasteiger partial charge in [0.2, 0.25) is 0 Å². The monoisotopic (exact) mass is 189 g/mol.